The van der Waals surface area contributed by atoms with Gasteiger partial charge in [0.25, 0.3) is 0 Å². The molecular weight excluding hydrogens is 404 g/mol. The molecule has 4 unspecified atom stereocenters. The minimum Gasteiger partial charge on any atom is -0.393 e. The molecule has 12 atom stereocenters. The summed E-state index contributed by atoms with van der Waals surface area (Å²) in [5.41, 5.74) is -1.06. The molecule has 4 rings (SSSR count). The fraction of sp³-hybridized carbons (Fsp3) is 1.00. The Morgan fingerprint density at radius 2 is 1.72 bits per heavy atom. The zero-order valence-electron chi connectivity index (χ0n) is 20.7. The summed E-state index contributed by atoms with van der Waals surface area (Å²) in [4.78, 5) is 0. The summed E-state index contributed by atoms with van der Waals surface area (Å²) >= 11 is 0. The second kappa shape index (κ2) is 8.78. The van der Waals surface area contributed by atoms with Gasteiger partial charge in [0.1, 0.15) is 0 Å². The summed E-state index contributed by atoms with van der Waals surface area (Å²) in [6, 6.07) is 0. The van der Waals surface area contributed by atoms with Gasteiger partial charge in [-0.05, 0) is 105 Å². The van der Waals surface area contributed by atoms with Crippen LogP contribution in [-0.4, -0.2) is 56.1 Å². The van der Waals surface area contributed by atoms with Crippen LogP contribution in [0.2, 0.25) is 0 Å². The third-order valence-corrected chi connectivity index (χ3v) is 11.2. The van der Waals surface area contributed by atoms with Gasteiger partial charge in [-0.1, -0.05) is 33.6 Å². The number of rotatable bonds is 6. The van der Waals surface area contributed by atoms with Gasteiger partial charge in [0.05, 0.1) is 30.5 Å². The second-order valence-corrected chi connectivity index (χ2v) is 13.1. The molecule has 5 N–H and O–H groups in total. The molecule has 0 bridgehead atoms. The molecular formula is C27H48O5. The van der Waals surface area contributed by atoms with Crippen LogP contribution in [0.4, 0.5) is 0 Å². The summed E-state index contributed by atoms with van der Waals surface area (Å²) in [6.45, 7) is 8.45. The van der Waals surface area contributed by atoms with E-state index in [-0.39, 0.29) is 41.7 Å². The van der Waals surface area contributed by atoms with E-state index in [2.05, 4.69) is 20.8 Å². The first-order chi connectivity index (χ1) is 14.9. The summed E-state index contributed by atoms with van der Waals surface area (Å²) in [7, 11) is 0. The van der Waals surface area contributed by atoms with Gasteiger partial charge in [-0.25, -0.2) is 0 Å². The molecule has 5 heteroatoms. The molecule has 5 nitrogen and oxygen atoms in total. The van der Waals surface area contributed by atoms with E-state index in [1.807, 2.05) is 0 Å². The maximum Gasteiger partial charge on any atom is 0.0849 e. The van der Waals surface area contributed by atoms with Crippen LogP contribution < -0.4 is 0 Å². The molecule has 0 aromatic heterocycles. The van der Waals surface area contributed by atoms with Crippen LogP contribution >= 0.6 is 0 Å². The van der Waals surface area contributed by atoms with Gasteiger partial charge < -0.3 is 25.5 Å². The maximum atomic E-state index is 11.6. The van der Waals surface area contributed by atoms with Gasteiger partial charge >= 0.3 is 0 Å². The Bertz CT molecular complexity index is 666. The summed E-state index contributed by atoms with van der Waals surface area (Å²) in [5, 5.41) is 52.7. The third-order valence-electron chi connectivity index (χ3n) is 11.2. The van der Waals surface area contributed by atoms with E-state index in [9.17, 15) is 25.5 Å². The van der Waals surface area contributed by atoms with Gasteiger partial charge in [-0.2, -0.15) is 0 Å². The van der Waals surface area contributed by atoms with Crippen molar-refractivity contribution in [2.45, 2.75) is 116 Å². The van der Waals surface area contributed by atoms with Crippen LogP contribution in [0.25, 0.3) is 0 Å². The Kier molecular flexibility index (Phi) is 6.84. The molecule has 186 valence electrons. The van der Waals surface area contributed by atoms with Gasteiger partial charge in [-0.3, -0.25) is 0 Å². The molecule has 0 radical (unpaired) electrons. The Hall–Kier alpha value is -0.200. The van der Waals surface area contributed by atoms with Gasteiger partial charge in [0.2, 0.25) is 0 Å². The summed E-state index contributed by atoms with van der Waals surface area (Å²) < 4.78 is 0. The number of aliphatic hydroxyl groups excluding tert-OH is 4. The lowest BCUT2D eigenvalue weighted by atomic mass is 9.43. The van der Waals surface area contributed by atoms with Crippen molar-refractivity contribution in [3.05, 3.63) is 0 Å². The highest BCUT2D eigenvalue weighted by Gasteiger charge is 2.65. The third kappa shape index (κ3) is 3.98. The number of aliphatic hydroxyl groups is 5. The first kappa shape index (κ1) is 24.9. The van der Waals surface area contributed by atoms with Crippen LogP contribution in [0.1, 0.15) is 91.9 Å². The van der Waals surface area contributed by atoms with E-state index < -0.39 is 5.60 Å². The lowest BCUT2D eigenvalue weighted by Gasteiger charge is -2.63. The number of hydrogen-bond donors (Lipinski definition) is 5. The smallest absolute Gasteiger partial charge is 0.0849 e. The van der Waals surface area contributed by atoms with Crippen molar-refractivity contribution in [3.8, 4) is 0 Å². The van der Waals surface area contributed by atoms with Crippen LogP contribution in [0.3, 0.4) is 0 Å². The first-order valence-corrected chi connectivity index (χ1v) is 13.3. The highest BCUT2D eigenvalue weighted by atomic mass is 16.3. The van der Waals surface area contributed by atoms with E-state index in [0.29, 0.717) is 36.0 Å². The predicted octanol–water partition coefficient (Wildman–Crippen LogP) is 3.50. The number of hydrogen-bond acceptors (Lipinski definition) is 5. The first-order valence-electron chi connectivity index (χ1n) is 13.3. The minimum atomic E-state index is -1.01. The van der Waals surface area contributed by atoms with Crippen molar-refractivity contribution in [2.24, 2.45) is 46.3 Å². The van der Waals surface area contributed by atoms with E-state index >= 15 is 0 Å². The van der Waals surface area contributed by atoms with E-state index in [1.54, 1.807) is 6.92 Å². The molecule has 0 amide bonds. The molecule has 0 heterocycles. The zero-order valence-corrected chi connectivity index (χ0v) is 20.7. The standard InChI is InChI=1S/C27H48O5/c1-16(6-5-10-25(2,32)15-28)19-7-8-20-24-21(14-23(31)27(19,20)4)26(3)11-9-18(29)12-17(26)13-22(24)30/h16-24,28-32H,5-15H2,1-4H3/t16?,17-,18+,19+,20-,21-,22+,23-,24-,25?,26?,27?/m0/s1. The predicted molar refractivity (Wildman–Crippen MR) is 125 cm³/mol. The van der Waals surface area contributed by atoms with Crippen molar-refractivity contribution in [1.29, 1.82) is 0 Å². The zero-order chi connectivity index (χ0) is 23.5. The fourth-order valence-corrected chi connectivity index (χ4v) is 9.22. The van der Waals surface area contributed by atoms with E-state index in [1.165, 1.54) is 0 Å². The molecule has 0 aliphatic heterocycles. The quantitative estimate of drug-likeness (QED) is 0.425. The van der Waals surface area contributed by atoms with Crippen molar-refractivity contribution >= 4 is 0 Å². The molecule has 0 aromatic rings. The van der Waals surface area contributed by atoms with E-state index in [4.69, 9.17) is 0 Å². The van der Waals surface area contributed by atoms with Crippen LogP contribution in [0.5, 0.6) is 0 Å². The lowest BCUT2D eigenvalue weighted by molar-refractivity contribution is -0.207. The average Bonchev–Trinajstić information content (AvgIpc) is 3.08. The lowest BCUT2D eigenvalue weighted by Crippen LogP contribution is -2.62. The molecule has 0 saturated heterocycles. The van der Waals surface area contributed by atoms with Gasteiger partial charge in [-0.15, -0.1) is 0 Å². The second-order valence-electron chi connectivity index (χ2n) is 13.1. The van der Waals surface area contributed by atoms with Crippen molar-refractivity contribution in [1.82, 2.24) is 0 Å². The topological polar surface area (TPSA) is 101 Å². The summed E-state index contributed by atoms with van der Waals surface area (Å²) in [5.74, 6) is 2.17. The molecule has 4 aliphatic rings. The summed E-state index contributed by atoms with van der Waals surface area (Å²) in [6.07, 6.45) is 7.96. The highest BCUT2D eigenvalue weighted by Crippen LogP contribution is 2.68. The Balaban J connectivity index is 1.51. The molecule has 0 spiro atoms. The van der Waals surface area contributed by atoms with Crippen LogP contribution in [-0.2, 0) is 0 Å². The van der Waals surface area contributed by atoms with Crippen molar-refractivity contribution < 1.29 is 25.5 Å². The molecule has 4 aliphatic carbocycles. The van der Waals surface area contributed by atoms with Gasteiger partial charge in [0, 0.05) is 0 Å². The largest absolute Gasteiger partial charge is 0.393 e. The van der Waals surface area contributed by atoms with Crippen LogP contribution in [0.15, 0.2) is 0 Å². The molecule has 4 saturated carbocycles. The van der Waals surface area contributed by atoms with Crippen LogP contribution in [0, 0.1) is 46.3 Å². The Morgan fingerprint density at radius 3 is 2.41 bits per heavy atom. The number of fused-ring (bicyclic) bond motifs is 5. The van der Waals surface area contributed by atoms with Crippen molar-refractivity contribution in [2.75, 3.05) is 6.61 Å². The van der Waals surface area contributed by atoms with Gasteiger partial charge in [0.15, 0.2) is 0 Å². The SMILES string of the molecule is CC(CCCC(C)(O)CO)[C@H]1CC[C@H]2[C@@H]3[C@H](O)C[C@@H]4C[C@H](O)CCC4(C)[C@H]3C[C@H](O)C12C. The normalized spacial score (nSPS) is 51.3. The maximum absolute atomic E-state index is 11.6. The van der Waals surface area contributed by atoms with Crippen molar-refractivity contribution in [3.63, 3.8) is 0 Å². The Labute approximate surface area is 194 Å². The Morgan fingerprint density at radius 1 is 1.00 bits per heavy atom. The molecule has 32 heavy (non-hydrogen) atoms. The highest BCUT2D eigenvalue weighted by molar-refractivity contribution is 5.14. The van der Waals surface area contributed by atoms with E-state index in [0.717, 1.165) is 57.8 Å². The molecule has 4 fully saturated rings. The monoisotopic (exact) mass is 452 g/mol. The fourth-order valence-electron chi connectivity index (χ4n) is 9.22. The molecule has 0 aromatic carbocycles. The average molecular weight is 453 g/mol. The minimum absolute atomic E-state index is 0.116.